The summed E-state index contributed by atoms with van der Waals surface area (Å²) in [6, 6.07) is 59.3. The Morgan fingerprint density at radius 2 is 1.18 bits per heavy atom. The van der Waals surface area contributed by atoms with E-state index in [0.29, 0.717) is 0 Å². The van der Waals surface area contributed by atoms with E-state index < -0.39 is 0 Å². The Morgan fingerprint density at radius 3 is 2.08 bits per heavy atom. The number of hydrogen-bond acceptors (Lipinski definition) is 3. The minimum absolute atomic E-state index is 0.0229. The maximum absolute atomic E-state index is 3.72. The Morgan fingerprint density at radius 1 is 0.490 bits per heavy atom. The van der Waals surface area contributed by atoms with Crippen molar-refractivity contribution < 1.29 is 0 Å². The Labute approximate surface area is 288 Å². The zero-order chi connectivity index (χ0) is 32.3. The predicted molar refractivity (Wildman–Crippen MR) is 208 cm³/mol. The smallest absolute Gasteiger partial charge is 0.123 e. The molecule has 1 atom stereocenters. The first-order chi connectivity index (χ1) is 24.3. The first-order valence-electron chi connectivity index (χ1n) is 16.7. The van der Waals surface area contributed by atoms with Crippen LogP contribution in [-0.2, 0) is 0 Å². The van der Waals surface area contributed by atoms with Crippen LogP contribution in [0.5, 0.6) is 0 Å². The van der Waals surface area contributed by atoms with Crippen molar-refractivity contribution >= 4 is 59.0 Å². The van der Waals surface area contributed by atoms with Gasteiger partial charge in [-0.05, 0) is 69.8 Å². The van der Waals surface area contributed by atoms with Gasteiger partial charge in [0.2, 0.25) is 0 Å². The van der Waals surface area contributed by atoms with Crippen molar-refractivity contribution in [3.63, 3.8) is 0 Å². The topological polar surface area (TPSA) is 29.0 Å². The Bertz CT molecular complexity index is 2720. The minimum atomic E-state index is -0.0229. The molecule has 232 valence electrons. The van der Waals surface area contributed by atoms with E-state index in [0.717, 1.165) is 16.9 Å². The predicted octanol–water partition coefficient (Wildman–Crippen LogP) is 11.7. The maximum Gasteiger partial charge on any atom is 0.123 e. The summed E-state index contributed by atoms with van der Waals surface area (Å²) in [5, 5.41) is 12.5. The minimum Gasteiger partial charge on any atom is -0.366 e. The second-order valence-electron chi connectivity index (χ2n) is 12.7. The third-order valence-corrected chi connectivity index (χ3v) is 11.1. The summed E-state index contributed by atoms with van der Waals surface area (Å²) in [6.45, 7) is 0. The van der Waals surface area contributed by atoms with Crippen molar-refractivity contribution in [2.75, 3.05) is 0 Å². The van der Waals surface area contributed by atoms with Gasteiger partial charge in [0.05, 0.1) is 16.7 Å². The summed E-state index contributed by atoms with van der Waals surface area (Å²) >= 11 is 1.88. The lowest BCUT2D eigenvalue weighted by molar-refractivity contribution is 0.613. The van der Waals surface area contributed by atoms with E-state index in [1.807, 2.05) is 11.3 Å². The SMILES string of the molecule is C1=C(c2ccc(-c3ccccc3)cc2)NC(c2cccc(-n3c4ccccc4c4cc(-c5cccc6c5sc5ccccc56)ccc43)c2)N1. The fraction of sp³-hybridized carbons (Fsp3) is 0.0222. The lowest BCUT2D eigenvalue weighted by atomic mass is 10.0. The number of nitrogens with one attached hydrogen (secondary N) is 2. The molecule has 0 saturated carbocycles. The summed E-state index contributed by atoms with van der Waals surface area (Å²) in [7, 11) is 0. The van der Waals surface area contributed by atoms with Crippen LogP contribution in [0.3, 0.4) is 0 Å². The molecule has 1 aliphatic heterocycles. The number of aromatic nitrogens is 1. The number of benzene rings is 7. The molecule has 4 heteroatoms. The van der Waals surface area contributed by atoms with Gasteiger partial charge in [-0.1, -0.05) is 127 Å². The second kappa shape index (κ2) is 11.3. The molecule has 3 nitrogen and oxygen atoms in total. The summed E-state index contributed by atoms with van der Waals surface area (Å²) in [6.07, 6.45) is 2.07. The molecule has 9 aromatic rings. The molecular formula is C45H31N3S. The molecule has 49 heavy (non-hydrogen) atoms. The quantitative estimate of drug-likeness (QED) is 0.195. The van der Waals surface area contributed by atoms with Gasteiger partial charge in [0.15, 0.2) is 0 Å². The molecule has 0 spiro atoms. The van der Waals surface area contributed by atoms with E-state index in [-0.39, 0.29) is 6.17 Å². The maximum atomic E-state index is 3.72. The number of para-hydroxylation sites is 1. The number of nitrogens with zero attached hydrogens (tertiary/aromatic N) is 1. The van der Waals surface area contributed by atoms with Crippen LogP contribution >= 0.6 is 11.3 Å². The van der Waals surface area contributed by atoms with Crippen LogP contribution < -0.4 is 10.6 Å². The third-order valence-electron chi connectivity index (χ3n) is 9.85. The number of hydrogen-bond donors (Lipinski definition) is 2. The molecule has 0 saturated heterocycles. The van der Waals surface area contributed by atoms with Crippen molar-refractivity contribution in [1.29, 1.82) is 0 Å². The van der Waals surface area contributed by atoms with Crippen molar-refractivity contribution in [3.05, 3.63) is 181 Å². The number of fused-ring (bicyclic) bond motifs is 6. The Hall–Kier alpha value is -6.10. The molecule has 0 radical (unpaired) electrons. The Kier molecular flexibility index (Phi) is 6.42. The number of rotatable bonds is 5. The van der Waals surface area contributed by atoms with E-state index in [1.165, 1.54) is 69.8 Å². The van der Waals surface area contributed by atoms with Crippen LogP contribution in [-0.4, -0.2) is 4.57 Å². The van der Waals surface area contributed by atoms with Crippen LogP contribution in [0.1, 0.15) is 17.3 Å². The highest BCUT2D eigenvalue weighted by molar-refractivity contribution is 7.26. The monoisotopic (exact) mass is 645 g/mol. The number of thiophene rings is 1. The van der Waals surface area contributed by atoms with Crippen LogP contribution in [0.25, 0.3) is 75.6 Å². The lowest BCUT2D eigenvalue weighted by Crippen LogP contribution is -2.22. The molecule has 1 unspecified atom stereocenters. The zero-order valence-corrected chi connectivity index (χ0v) is 27.4. The van der Waals surface area contributed by atoms with Crippen molar-refractivity contribution in [3.8, 4) is 27.9 Å². The Balaban J connectivity index is 1.00. The van der Waals surface area contributed by atoms with Crippen LogP contribution in [0.4, 0.5) is 0 Å². The normalized spacial score (nSPS) is 14.4. The van der Waals surface area contributed by atoms with Gasteiger partial charge >= 0.3 is 0 Å². The van der Waals surface area contributed by atoms with Crippen LogP contribution in [0.2, 0.25) is 0 Å². The summed E-state index contributed by atoms with van der Waals surface area (Å²) in [4.78, 5) is 0. The van der Waals surface area contributed by atoms with E-state index in [9.17, 15) is 0 Å². The molecule has 2 N–H and O–H groups in total. The van der Waals surface area contributed by atoms with Gasteiger partial charge in [0, 0.05) is 42.8 Å². The van der Waals surface area contributed by atoms with E-state index in [1.54, 1.807) is 0 Å². The van der Waals surface area contributed by atoms with E-state index in [4.69, 9.17) is 0 Å². The first-order valence-corrected chi connectivity index (χ1v) is 17.5. The fourth-order valence-corrected chi connectivity index (χ4v) is 8.70. The molecule has 0 bridgehead atoms. The average molecular weight is 646 g/mol. The summed E-state index contributed by atoms with van der Waals surface area (Å²) in [5.74, 6) is 0. The molecule has 10 rings (SSSR count). The second-order valence-corrected chi connectivity index (χ2v) is 13.8. The van der Waals surface area contributed by atoms with Gasteiger partial charge < -0.3 is 15.2 Å². The highest BCUT2D eigenvalue weighted by Gasteiger charge is 2.20. The lowest BCUT2D eigenvalue weighted by Gasteiger charge is -2.17. The molecule has 3 heterocycles. The van der Waals surface area contributed by atoms with Crippen molar-refractivity contribution in [1.82, 2.24) is 15.2 Å². The van der Waals surface area contributed by atoms with Crippen LogP contribution in [0.15, 0.2) is 170 Å². The largest absolute Gasteiger partial charge is 0.366 e. The summed E-state index contributed by atoms with van der Waals surface area (Å²) < 4.78 is 5.08. The van der Waals surface area contributed by atoms with Gasteiger partial charge in [0.1, 0.15) is 6.17 Å². The van der Waals surface area contributed by atoms with Crippen LogP contribution in [0, 0.1) is 0 Å². The fourth-order valence-electron chi connectivity index (χ4n) is 7.46. The van der Waals surface area contributed by atoms with E-state index in [2.05, 4.69) is 185 Å². The zero-order valence-electron chi connectivity index (χ0n) is 26.6. The van der Waals surface area contributed by atoms with Crippen molar-refractivity contribution in [2.45, 2.75) is 6.17 Å². The molecule has 2 aromatic heterocycles. The highest BCUT2D eigenvalue weighted by atomic mass is 32.1. The van der Waals surface area contributed by atoms with Gasteiger partial charge in [-0.15, -0.1) is 11.3 Å². The van der Waals surface area contributed by atoms with Gasteiger partial charge in [0.25, 0.3) is 0 Å². The van der Waals surface area contributed by atoms with Gasteiger partial charge in [-0.25, -0.2) is 0 Å². The van der Waals surface area contributed by atoms with Gasteiger partial charge in [-0.2, -0.15) is 0 Å². The van der Waals surface area contributed by atoms with E-state index >= 15 is 0 Å². The standard InChI is InChI=1S/C45H31N3S/c1-2-10-29(11-3-1)30-20-22-31(23-21-30)40-28-46-45(47-40)33-12-8-13-34(26-33)48-41-18-6-4-14-36(41)39-27-32(24-25-42(39)48)35-16-9-17-38-37-15-5-7-19-43(37)49-44(35)38/h1-28,45-47H. The summed E-state index contributed by atoms with van der Waals surface area (Å²) in [5.41, 5.74) is 12.0. The highest BCUT2D eigenvalue weighted by Crippen LogP contribution is 2.42. The molecule has 7 aromatic carbocycles. The molecular weight excluding hydrogens is 615 g/mol. The molecule has 0 amide bonds. The third kappa shape index (κ3) is 4.64. The first kappa shape index (κ1) is 28.0. The van der Waals surface area contributed by atoms with Gasteiger partial charge in [-0.3, -0.25) is 0 Å². The molecule has 1 aliphatic rings. The van der Waals surface area contributed by atoms with Crippen molar-refractivity contribution in [2.24, 2.45) is 0 Å². The molecule has 0 fully saturated rings. The molecule has 0 aliphatic carbocycles. The average Bonchev–Trinajstić information content (AvgIpc) is 3.90.